The van der Waals surface area contributed by atoms with Crippen LogP contribution in [0.1, 0.15) is 56.9 Å². The van der Waals surface area contributed by atoms with E-state index in [1.165, 1.54) is 19.2 Å². The number of aliphatic hydroxyl groups is 1. The van der Waals surface area contributed by atoms with Gasteiger partial charge in [-0.05, 0) is 80.7 Å². The SMILES string of the molecule is Cc1ccc(Nc2ncnc3cc(NS(=O)(=O)CCO)cc(N4CCC5(CC4)CC5)c23)cc1S(=O)(=O)C1CCCC1. The van der Waals surface area contributed by atoms with Crippen molar-refractivity contribution in [3.05, 3.63) is 42.2 Å². The second-order valence-corrected chi connectivity index (χ2v) is 15.8. The van der Waals surface area contributed by atoms with Gasteiger partial charge in [-0.25, -0.2) is 26.8 Å². The van der Waals surface area contributed by atoms with E-state index in [4.69, 9.17) is 0 Å². The van der Waals surface area contributed by atoms with Gasteiger partial charge in [-0.15, -0.1) is 0 Å². The number of sulfone groups is 1. The van der Waals surface area contributed by atoms with E-state index in [2.05, 4.69) is 24.9 Å². The Labute approximate surface area is 241 Å². The Balaban J connectivity index is 1.40. The van der Waals surface area contributed by atoms with Crippen molar-refractivity contribution in [1.29, 1.82) is 0 Å². The minimum Gasteiger partial charge on any atom is -0.395 e. The molecule has 12 heteroatoms. The molecule has 1 aromatic heterocycles. The lowest BCUT2D eigenvalue weighted by atomic mass is 9.93. The second-order valence-electron chi connectivity index (χ2n) is 11.8. The quantitative estimate of drug-likeness (QED) is 0.324. The third-order valence-corrected chi connectivity index (χ3v) is 12.6. The number of nitrogens with zero attached hydrogens (tertiary/aromatic N) is 3. The van der Waals surface area contributed by atoms with Crippen molar-refractivity contribution in [2.45, 2.75) is 68.4 Å². The van der Waals surface area contributed by atoms with Crippen LogP contribution in [-0.2, 0) is 19.9 Å². The maximum absolute atomic E-state index is 13.5. The molecule has 6 rings (SSSR count). The first-order chi connectivity index (χ1) is 19.6. The van der Waals surface area contributed by atoms with Crippen LogP contribution in [0.5, 0.6) is 0 Å². The highest BCUT2D eigenvalue weighted by atomic mass is 32.2. The summed E-state index contributed by atoms with van der Waals surface area (Å²) in [4.78, 5) is 11.6. The molecule has 0 radical (unpaired) electrons. The van der Waals surface area contributed by atoms with Crippen LogP contribution in [-0.4, -0.2) is 62.6 Å². The number of piperidine rings is 1. The number of benzene rings is 2. The number of hydrogen-bond acceptors (Lipinski definition) is 9. The van der Waals surface area contributed by atoms with Crippen LogP contribution in [0.2, 0.25) is 0 Å². The summed E-state index contributed by atoms with van der Waals surface area (Å²) in [5.41, 5.74) is 3.53. The molecule has 0 atom stereocenters. The minimum absolute atomic E-state index is 0.343. The molecule has 3 N–H and O–H groups in total. The summed E-state index contributed by atoms with van der Waals surface area (Å²) in [5, 5.41) is 13.0. The van der Waals surface area contributed by atoms with E-state index in [-0.39, 0.29) is 5.25 Å². The van der Waals surface area contributed by atoms with Gasteiger partial charge in [-0.1, -0.05) is 18.9 Å². The van der Waals surface area contributed by atoms with Crippen LogP contribution in [0.4, 0.5) is 22.9 Å². The number of aryl methyl sites for hydroxylation is 1. The average Bonchev–Trinajstić information content (AvgIpc) is 3.43. The van der Waals surface area contributed by atoms with Crippen molar-refractivity contribution in [3.63, 3.8) is 0 Å². The summed E-state index contributed by atoms with van der Waals surface area (Å²) in [6.45, 7) is 3.02. The summed E-state index contributed by atoms with van der Waals surface area (Å²) < 4.78 is 54.5. The molecule has 0 amide bonds. The number of aromatic nitrogens is 2. The zero-order valence-corrected chi connectivity index (χ0v) is 24.9. The molecule has 0 bridgehead atoms. The molecule has 10 nitrogen and oxygen atoms in total. The first-order valence-electron chi connectivity index (χ1n) is 14.4. The lowest BCUT2D eigenvalue weighted by Crippen LogP contribution is -2.34. The number of nitrogens with one attached hydrogen (secondary N) is 2. The van der Waals surface area contributed by atoms with Gasteiger partial charge in [0.1, 0.15) is 12.1 Å². The first-order valence-corrected chi connectivity index (χ1v) is 17.6. The van der Waals surface area contributed by atoms with Crippen molar-refractivity contribution in [2.75, 3.05) is 40.4 Å². The zero-order valence-electron chi connectivity index (χ0n) is 23.3. The van der Waals surface area contributed by atoms with Crippen LogP contribution in [0, 0.1) is 12.3 Å². The van der Waals surface area contributed by atoms with Gasteiger partial charge < -0.3 is 15.3 Å². The summed E-state index contributed by atoms with van der Waals surface area (Å²) in [5.74, 6) is 0.123. The summed E-state index contributed by atoms with van der Waals surface area (Å²) in [7, 11) is -7.18. The van der Waals surface area contributed by atoms with E-state index in [1.807, 2.05) is 25.1 Å². The smallest absolute Gasteiger partial charge is 0.234 e. The molecule has 220 valence electrons. The average molecular weight is 600 g/mol. The molecule has 2 saturated carbocycles. The van der Waals surface area contributed by atoms with E-state index in [0.717, 1.165) is 55.4 Å². The number of hydrogen-bond donors (Lipinski definition) is 3. The number of fused-ring (bicyclic) bond motifs is 1. The number of anilines is 4. The molecule has 1 spiro atoms. The molecule has 3 fully saturated rings. The Morgan fingerprint density at radius 2 is 1.71 bits per heavy atom. The van der Waals surface area contributed by atoms with E-state index >= 15 is 0 Å². The summed E-state index contributed by atoms with van der Waals surface area (Å²) in [6.07, 6.45) is 9.36. The predicted molar refractivity (Wildman–Crippen MR) is 161 cm³/mol. The lowest BCUT2D eigenvalue weighted by molar-refractivity contribution is 0.320. The molecular weight excluding hydrogens is 562 g/mol. The van der Waals surface area contributed by atoms with Crippen LogP contribution in [0.25, 0.3) is 10.9 Å². The topological polar surface area (TPSA) is 142 Å². The Morgan fingerprint density at radius 3 is 2.39 bits per heavy atom. The molecule has 0 unspecified atom stereocenters. The van der Waals surface area contributed by atoms with Crippen molar-refractivity contribution >= 4 is 53.6 Å². The summed E-state index contributed by atoms with van der Waals surface area (Å²) in [6, 6.07) is 8.85. The monoisotopic (exact) mass is 599 g/mol. The summed E-state index contributed by atoms with van der Waals surface area (Å²) >= 11 is 0. The van der Waals surface area contributed by atoms with E-state index < -0.39 is 32.2 Å². The van der Waals surface area contributed by atoms with Crippen LogP contribution >= 0.6 is 0 Å². The van der Waals surface area contributed by atoms with Gasteiger partial charge in [0.15, 0.2) is 9.84 Å². The molecule has 3 aromatic rings. The number of aliphatic hydroxyl groups excluding tert-OH is 1. The predicted octanol–water partition coefficient (Wildman–Crippen LogP) is 4.51. The molecule has 1 aliphatic heterocycles. The highest BCUT2D eigenvalue weighted by molar-refractivity contribution is 7.92. The highest BCUT2D eigenvalue weighted by Crippen LogP contribution is 2.54. The maximum Gasteiger partial charge on any atom is 0.234 e. The van der Waals surface area contributed by atoms with Gasteiger partial charge in [-0.2, -0.15) is 0 Å². The fraction of sp³-hybridized carbons (Fsp3) is 0.517. The third kappa shape index (κ3) is 5.74. The Bertz CT molecular complexity index is 1670. The maximum atomic E-state index is 13.5. The molecule has 2 aromatic carbocycles. The second kappa shape index (κ2) is 10.7. The highest BCUT2D eigenvalue weighted by Gasteiger charge is 2.44. The molecule has 41 heavy (non-hydrogen) atoms. The Morgan fingerprint density at radius 1 is 0.976 bits per heavy atom. The minimum atomic E-state index is -3.73. The van der Waals surface area contributed by atoms with Crippen LogP contribution < -0.4 is 14.9 Å². The molecule has 2 heterocycles. The largest absolute Gasteiger partial charge is 0.395 e. The van der Waals surface area contributed by atoms with Crippen molar-refractivity contribution in [3.8, 4) is 0 Å². The van der Waals surface area contributed by atoms with E-state index in [0.29, 0.717) is 45.9 Å². The number of rotatable bonds is 9. The first kappa shape index (κ1) is 28.2. The molecule has 3 aliphatic rings. The number of sulfonamides is 1. The van der Waals surface area contributed by atoms with Gasteiger partial charge in [-0.3, -0.25) is 4.72 Å². The van der Waals surface area contributed by atoms with Gasteiger partial charge in [0, 0.05) is 18.8 Å². The third-order valence-electron chi connectivity index (χ3n) is 8.97. The van der Waals surface area contributed by atoms with Crippen LogP contribution in [0.15, 0.2) is 41.6 Å². The van der Waals surface area contributed by atoms with Crippen molar-refractivity contribution in [2.24, 2.45) is 5.41 Å². The fourth-order valence-electron chi connectivity index (χ4n) is 6.32. The Hall–Kier alpha value is -2.96. The van der Waals surface area contributed by atoms with Crippen LogP contribution in [0.3, 0.4) is 0 Å². The van der Waals surface area contributed by atoms with E-state index in [1.54, 1.807) is 12.1 Å². The molecule has 1 saturated heterocycles. The fourth-order valence-corrected chi connectivity index (χ4v) is 9.26. The molecular formula is C29H37N5O5S2. The van der Waals surface area contributed by atoms with Gasteiger partial charge >= 0.3 is 0 Å². The standard InChI is InChI=1S/C29H37N5O5S2/c1-20-6-7-21(18-26(20)41(38,39)23-4-2-3-5-23)32-28-27-24(30-19-31-28)16-22(33-40(36,37)15-14-35)17-25(27)34-12-10-29(8-9-29)11-13-34/h6-7,16-19,23,33,35H,2-5,8-15H2,1H3,(H,30,31,32). The van der Waals surface area contributed by atoms with Crippen molar-refractivity contribution < 1.29 is 21.9 Å². The lowest BCUT2D eigenvalue weighted by Gasteiger charge is -2.35. The van der Waals surface area contributed by atoms with Gasteiger partial charge in [0.25, 0.3) is 0 Å². The van der Waals surface area contributed by atoms with Gasteiger partial charge in [0.05, 0.1) is 44.8 Å². The Kier molecular flexibility index (Phi) is 7.36. The zero-order chi connectivity index (χ0) is 28.8. The van der Waals surface area contributed by atoms with Gasteiger partial charge in [0.2, 0.25) is 10.0 Å². The van der Waals surface area contributed by atoms with Crippen molar-refractivity contribution in [1.82, 2.24) is 9.97 Å². The molecule has 2 aliphatic carbocycles. The van der Waals surface area contributed by atoms with E-state index in [9.17, 15) is 21.9 Å². The normalized spacial score (nSPS) is 19.1.